The van der Waals surface area contributed by atoms with E-state index >= 15 is 0 Å². The van der Waals surface area contributed by atoms with Crippen LogP contribution in [0.2, 0.25) is 0 Å². The minimum absolute atomic E-state index is 0.112. The van der Waals surface area contributed by atoms with Gasteiger partial charge in [-0.3, -0.25) is 4.68 Å². The minimum Gasteiger partial charge on any atom is -0.354 e. The molecule has 1 aromatic carbocycles. The van der Waals surface area contributed by atoms with Gasteiger partial charge in [0.2, 0.25) is 0 Å². The van der Waals surface area contributed by atoms with Crippen LogP contribution in [0.15, 0.2) is 36.5 Å². The number of aromatic nitrogens is 2. The van der Waals surface area contributed by atoms with Crippen molar-refractivity contribution in [2.24, 2.45) is 0 Å². The molecular weight excluding hydrogens is 268 g/mol. The smallest absolute Gasteiger partial charge is 0.171 e. The second-order valence-electron chi connectivity index (χ2n) is 4.71. The van der Waals surface area contributed by atoms with Gasteiger partial charge in [-0.05, 0) is 50.7 Å². The fourth-order valence-electron chi connectivity index (χ4n) is 2.12. The van der Waals surface area contributed by atoms with Crippen LogP contribution < -0.4 is 10.6 Å². The van der Waals surface area contributed by atoms with Crippen molar-refractivity contribution in [1.82, 2.24) is 15.1 Å². The average Bonchev–Trinajstić information content (AvgIpc) is 2.89. The van der Waals surface area contributed by atoms with Gasteiger partial charge in [-0.25, -0.2) is 0 Å². The Hall–Kier alpha value is -1.88. The van der Waals surface area contributed by atoms with E-state index in [0.29, 0.717) is 5.11 Å². The van der Waals surface area contributed by atoms with Crippen LogP contribution in [0.3, 0.4) is 0 Å². The lowest BCUT2D eigenvalue weighted by atomic mass is 10.2. The predicted octanol–water partition coefficient (Wildman–Crippen LogP) is 3.26. The largest absolute Gasteiger partial charge is 0.354 e. The molecule has 0 fully saturated rings. The van der Waals surface area contributed by atoms with E-state index in [2.05, 4.69) is 42.6 Å². The summed E-state index contributed by atoms with van der Waals surface area (Å²) in [6.07, 6.45) is 1.81. The molecule has 0 amide bonds. The van der Waals surface area contributed by atoms with E-state index in [1.165, 1.54) is 5.56 Å². The molecule has 0 spiro atoms. The second kappa shape index (κ2) is 6.52. The highest BCUT2D eigenvalue weighted by atomic mass is 32.1. The topological polar surface area (TPSA) is 41.9 Å². The van der Waals surface area contributed by atoms with Crippen LogP contribution >= 0.6 is 12.2 Å². The van der Waals surface area contributed by atoms with Gasteiger partial charge in [-0.15, -0.1) is 0 Å². The first kappa shape index (κ1) is 14.5. The molecule has 0 aliphatic carbocycles. The third kappa shape index (κ3) is 3.36. The number of hydrogen-bond acceptors (Lipinski definition) is 2. The van der Waals surface area contributed by atoms with Gasteiger partial charge in [0.15, 0.2) is 5.11 Å². The van der Waals surface area contributed by atoms with Crippen molar-refractivity contribution in [2.45, 2.75) is 33.4 Å². The molecule has 0 saturated carbocycles. The molecule has 2 aromatic rings. The van der Waals surface area contributed by atoms with Crippen LogP contribution in [0.4, 0.5) is 5.69 Å². The Morgan fingerprint density at radius 2 is 2.10 bits per heavy atom. The van der Waals surface area contributed by atoms with E-state index in [1.807, 2.05) is 35.1 Å². The molecule has 106 valence electrons. The molecule has 2 rings (SSSR count). The summed E-state index contributed by atoms with van der Waals surface area (Å²) >= 11 is 5.37. The van der Waals surface area contributed by atoms with Gasteiger partial charge in [0.25, 0.3) is 0 Å². The number of thiocarbonyl (C=S) groups is 1. The lowest BCUT2D eigenvalue weighted by molar-refractivity contribution is 0.568. The van der Waals surface area contributed by atoms with Gasteiger partial charge in [-0.2, -0.15) is 5.10 Å². The summed E-state index contributed by atoms with van der Waals surface area (Å²) in [7, 11) is 0. The summed E-state index contributed by atoms with van der Waals surface area (Å²) in [6, 6.07) is 10.2. The molecule has 0 aliphatic heterocycles. The zero-order valence-electron chi connectivity index (χ0n) is 12.1. The fraction of sp³-hybridized carbons (Fsp3) is 0.333. The summed E-state index contributed by atoms with van der Waals surface area (Å²) in [5, 5.41) is 11.4. The molecule has 20 heavy (non-hydrogen) atoms. The van der Waals surface area contributed by atoms with Gasteiger partial charge >= 0.3 is 0 Å². The quantitative estimate of drug-likeness (QED) is 0.847. The SMILES string of the molecule is CCn1nccc1C(C)NC(=S)Nc1ccccc1C. The molecule has 1 heterocycles. The Bertz CT molecular complexity index is 591. The first-order valence-corrected chi connectivity index (χ1v) is 7.17. The Kier molecular flexibility index (Phi) is 4.74. The molecule has 1 unspecified atom stereocenters. The number of hydrogen-bond donors (Lipinski definition) is 2. The van der Waals surface area contributed by atoms with Crippen LogP contribution in [-0.2, 0) is 6.54 Å². The maximum atomic E-state index is 5.37. The van der Waals surface area contributed by atoms with Gasteiger partial charge in [0, 0.05) is 18.4 Å². The van der Waals surface area contributed by atoms with Crippen molar-refractivity contribution in [3.05, 3.63) is 47.8 Å². The minimum atomic E-state index is 0.112. The first-order valence-electron chi connectivity index (χ1n) is 6.76. The molecule has 0 aliphatic rings. The van der Waals surface area contributed by atoms with E-state index in [1.54, 1.807) is 0 Å². The maximum Gasteiger partial charge on any atom is 0.171 e. The van der Waals surface area contributed by atoms with Crippen LogP contribution in [0.5, 0.6) is 0 Å². The maximum absolute atomic E-state index is 5.37. The number of nitrogens with one attached hydrogen (secondary N) is 2. The van der Waals surface area contributed by atoms with Crippen molar-refractivity contribution >= 4 is 23.0 Å². The third-order valence-electron chi connectivity index (χ3n) is 3.23. The predicted molar refractivity (Wildman–Crippen MR) is 86.9 cm³/mol. The zero-order chi connectivity index (χ0) is 14.5. The summed E-state index contributed by atoms with van der Waals surface area (Å²) in [5.74, 6) is 0. The van der Waals surface area contributed by atoms with Crippen molar-refractivity contribution < 1.29 is 0 Å². The zero-order valence-corrected chi connectivity index (χ0v) is 12.9. The van der Waals surface area contributed by atoms with E-state index in [9.17, 15) is 0 Å². The van der Waals surface area contributed by atoms with E-state index in [0.717, 1.165) is 17.9 Å². The van der Waals surface area contributed by atoms with E-state index < -0.39 is 0 Å². The Morgan fingerprint density at radius 3 is 2.80 bits per heavy atom. The standard InChI is InChI=1S/C15H20N4S/c1-4-19-14(9-10-16-19)12(3)17-15(20)18-13-8-6-5-7-11(13)2/h5-10,12H,4H2,1-3H3,(H2,17,18,20). The van der Waals surface area contributed by atoms with Crippen molar-refractivity contribution in [3.63, 3.8) is 0 Å². The highest BCUT2D eigenvalue weighted by Gasteiger charge is 2.11. The highest BCUT2D eigenvalue weighted by Crippen LogP contribution is 2.15. The number of nitrogens with zero attached hydrogens (tertiary/aromatic N) is 2. The molecule has 0 saturated heterocycles. The molecular formula is C15H20N4S. The molecule has 0 radical (unpaired) electrons. The van der Waals surface area contributed by atoms with Gasteiger partial charge in [-0.1, -0.05) is 18.2 Å². The second-order valence-corrected chi connectivity index (χ2v) is 5.12. The van der Waals surface area contributed by atoms with Crippen LogP contribution in [-0.4, -0.2) is 14.9 Å². The van der Waals surface area contributed by atoms with Crippen molar-refractivity contribution in [3.8, 4) is 0 Å². The number of rotatable bonds is 4. The van der Waals surface area contributed by atoms with E-state index in [-0.39, 0.29) is 6.04 Å². The molecule has 0 bridgehead atoms. The summed E-state index contributed by atoms with van der Waals surface area (Å²) in [6.45, 7) is 7.06. The lowest BCUT2D eigenvalue weighted by Gasteiger charge is -2.18. The lowest BCUT2D eigenvalue weighted by Crippen LogP contribution is -2.32. The number of anilines is 1. The molecule has 1 aromatic heterocycles. The third-order valence-corrected chi connectivity index (χ3v) is 3.45. The fourth-order valence-corrected chi connectivity index (χ4v) is 2.40. The van der Waals surface area contributed by atoms with Gasteiger partial charge in [0.05, 0.1) is 11.7 Å². The average molecular weight is 288 g/mol. The number of aryl methyl sites for hydroxylation is 2. The van der Waals surface area contributed by atoms with Crippen LogP contribution in [0.25, 0.3) is 0 Å². The van der Waals surface area contributed by atoms with E-state index in [4.69, 9.17) is 12.2 Å². The molecule has 5 heteroatoms. The van der Waals surface area contributed by atoms with Crippen molar-refractivity contribution in [2.75, 3.05) is 5.32 Å². The Morgan fingerprint density at radius 1 is 1.35 bits per heavy atom. The number of para-hydroxylation sites is 1. The highest BCUT2D eigenvalue weighted by molar-refractivity contribution is 7.80. The number of benzene rings is 1. The van der Waals surface area contributed by atoms with Gasteiger partial charge in [0.1, 0.15) is 0 Å². The van der Waals surface area contributed by atoms with Crippen molar-refractivity contribution in [1.29, 1.82) is 0 Å². The monoisotopic (exact) mass is 288 g/mol. The summed E-state index contributed by atoms with van der Waals surface area (Å²) < 4.78 is 1.97. The van der Waals surface area contributed by atoms with Gasteiger partial charge < -0.3 is 10.6 Å². The summed E-state index contributed by atoms with van der Waals surface area (Å²) in [4.78, 5) is 0. The normalized spacial score (nSPS) is 11.9. The molecule has 2 N–H and O–H groups in total. The molecule has 4 nitrogen and oxygen atoms in total. The Labute approximate surface area is 125 Å². The molecule has 1 atom stereocenters. The van der Waals surface area contributed by atoms with Crippen LogP contribution in [0.1, 0.15) is 31.1 Å². The first-order chi connectivity index (χ1) is 9.61. The van der Waals surface area contributed by atoms with Crippen LogP contribution in [0, 0.1) is 6.92 Å². The Balaban J connectivity index is 2.00. The summed E-state index contributed by atoms with van der Waals surface area (Å²) in [5.41, 5.74) is 3.32.